The van der Waals surface area contributed by atoms with Crippen LogP contribution in [0.15, 0.2) is 42.5 Å². The first-order valence-electron chi connectivity index (χ1n) is 7.75. The molecule has 0 saturated heterocycles. The lowest BCUT2D eigenvalue weighted by Crippen LogP contribution is -2.40. The number of carbonyl (C=O) groups is 3. The van der Waals surface area contributed by atoms with Crippen molar-refractivity contribution in [1.29, 1.82) is 0 Å². The first kappa shape index (κ1) is 20.7. The number of hydrogen-bond donors (Lipinski definition) is 2. The molecule has 1 atom stereocenters. The SMILES string of the molecule is CC(NC(=O)c1ccccc1Cl)C(=O)OCC(=O)Nc1ccc(F)c(Cl)c1. The van der Waals surface area contributed by atoms with Gasteiger partial charge in [0.1, 0.15) is 11.9 Å². The minimum atomic E-state index is -0.998. The maximum Gasteiger partial charge on any atom is 0.328 e. The second kappa shape index (κ2) is 9.34. The minimum absolute atomic E-state index is 0.152. The fourth-order valence-corrected chi connectivity index (χ4v) is 2.41. The van der Waals surface area contributed by atoms with Gasteiger partial charge < -0.3 is 15.4 Å². The molecule has 0 aliphatic rings. The maximum absolute atomic E-state index is 13.1. The first-order chi connectivity index (χ1) is 12.8. The third kappa shape index (κ3) is 5.94. The Bertz CT molecular complexity index is 876. The minimum Gasteiger partial charge on any atom is -0.454 e. The Morgan fingerprint density at radius 2 is 1.81 bits per heavy atom. The molecule has 0 aliphatic heterocycles. The van der Waals surface area contributed by atoms with E-state index in [9.17, 15) is 18.8 Å². The van der Waals surface area contributed by atoms with Gasteiger partial charge in [0.2, 0.25) is 0 Å². The first-order valence-corrected chi connectivity index (χ1v) is 8.50. The fraction of sp³-hybridized carbons (Fsp3) is 0.167. The zero-order valence-corrected chi connectivity index (χ0v) is 15.6. The summed E-state index contributed by atoms with van der Waals surface area (Å²) in [5.41, 5.74) is 0.465. The van der Waals surface area contributed by atoms with Crippen LogP contribution in [0, 0.1) is 5.82 Å². The molecule has 1 unspecified atom stereocenters. The van der Waals surface area contributed by atoms with E-state index in [0.29, 0.717) is 0 Å². The molecular weight excluding hydrogens is 398 g/mol. The summed E-state index contributed by atoms with van der Waals surface area (Å²) in [7, 11) is 0. The molecule has 0 heterocycles. The Morgan fingerprint density at radius 3 is 2.48 bits per heavy atom. The number of halogens is 3. The van der Waals surface area contributed by atoms with Crippen molar-refractivity contribution in [2.75, 3.05) is 11.9 Å². The number of ether oxygens (including phenoxy) is 1. The van der Waals surface area contributed by atoms with E-state index in [0.717, 1.165) is 6.07 Å². The Balaban J connectivity index is 1.83. The van der Waals surface area contributed by atoms with Gasteiger partial charge in [0.05, 0.1) is 15.6 Å². The smallest absolute Gasteiger partial charge is 0.328 e. The highest BCUT2D eigenvalue weighted by atomic mass is 35.5. The average molecular weight is 413 g/mol. The van der Waals surface area contributed by atoms with Crippen molar-refractivity contribution >= 4 is 46.7 Å². The molecule has 142 valence electrons. The summed E-state index contributed by atoms with van der Waals surface area (Å²) >= 11 is 11.5. The normalized spacial score (nSPS) is 11.4. The van der Waals surface area contributed by atoms with Gasteiger partial charge in [0.25, 0.3) is 11.8 Å². The van der Waals surface area contributed by atoms with Crippen molar-refractivity contribution in [3.8, 4) is 0 Å². The van der Waals surface area contributed by atoms with Gasteiger partial charge in [-0.05, 0) is 37.3 Å². The third-order valence-electron chi connectivity index (χ3n) is 3.37. The summed E-state index contributed by atoms with van der Waals surface area (Å²) in [6.45, 7) is 0.828. The lowest BCUT2D eigenvalue weighted by Gasteiger charge is -2.14. The van der Waals surface area contributed by atoms with Crippen molar-refractivity contribution < 1.29 is 23.5 Å². The maximum atomic E-state index is 13.1. The van der Waals surface area contributed by atoms with Crippen LogP contribution in [0.25, 0.3) is 0 Å². The van der Waals surface area contributed by atoms with E-state index in [4.69, 9.17) is 27.9 Å². The summed E-state index contributed by atoms with van der Waals surface area (Å²) in [5, 5.41) is 4.93. The van der Waals surface area contributed by atoms with E-state index in [1.807, 2.05) is 0 Å². The summed E-state index contributed by atoms with van der Waals surface area (Å²) < 4.78 is 17.9. The van der Waals surface area contributed by atoms with Crippen LogP contribution in [-0.4, -0.2) is 30.4 Å². The largest absolute Gasteiger partial charge is 0.454 e. The Hall–Kier alpha value is -2.64. The lowest BCUT2D eigenvalue weighted by molar-refractivity contribution is -0.148. The van der Waals surface area contributed by atoms with Crippen molar-refractivity contribution in [2.45, 2.75) is 13.0 Å². The molecule has 0 radical (unpaired) electrons. The Kier molecular flexibility index (Phi) is 7.15. The third-order valence-corrected chi connectivity index (χ3v) is 3.99. The van der Waals surface area contributed by atoms with Gasteiger partial charge in [-0.2, -0.15) is 0 Å². The number of benzene rings is 2. The number of rotatable bonds is 6. The Labute approximate surface area is 164 Å². The zero-order valence-electron chi connectivity index (χ0n) is 14.1. The molecule has 0 saturated carbocycles. The highest BCUT2D eigenvalue weighted by Gasteiger charge is 2.20. The van der Waals surface area contributed by atoms with Crippen LogP contribution in [0.4, 0.5) is 10.1 Å². The van der Waals surface area contributed by atoms with Crippen LogP contribution in [0.5, 0.6) is 0 Å². The molecule has 9 heteroatoms. The second-order valence-electron chi connectivity index (χ2n) is 5.46. The number of anilines is 1. The van der Waals surface area contributed by atoms with Crippen LogP contribution in [0.3, 0.4) is 0 Å². The molecule has 2 aromatic rings. The number of carbonyl (C=O) groups excluding carboxylic acids is 3. The predicted molar refractivity (Wildman–Crippen MR) is 99.4 cm³/mol. The van der Waals surface area contributed by atoms with Gasteiger partial charge in [-0.15, -0.1) is 0 Å². The van der Waals surface area contributed by atoms with Crippen LogP contribution in [0.2, 0.25) is 10.0 Å². The molecule has 0 aromatic heterocycles. The van der Waals surface area contributed by atoms with Crippen LogP contribution in [-0.2, 0) is 14.3 Å². The van der Waals surface area contributed by atoms with Crippen molar-refractivity contribution in [1.82, 2.24) is 5.32 Å². The summed E-state index contributed by atoms with van der Waals surface area (Å²) in [4.78, 5) is 35.8. The predicted octanol–water partition coefficient (Wildman–Crippen LogP) is 3.43. The highest BCUT2D eigenvalue weighted by molar-refractivity contribution is 6.33. The van der Waals surface area contributed by atoms with E-state index < -0.39 is 36.2 Å². The van der Waals surface area contributed by atoms with Gasteiger partial charge in [0.15, 0.2) is 6.61 Å². The van der Waals surface area contributed by atoms with Crippen LogP contribution >= 0.6 is 23.2 Å². The van der Waals surface area contributed by atoms with Crippen LogP contribution in [0.1, 0.15) is 17.3 Å². The number of hydrogen-bond acceptors (Lipinski definition) is 4. The quantitative estimate of drug-likeness (QED) is 0.711. The molecule has 6 nitrogen and oxygen atoms in total. The van der Waals surface area contributed by atoms with Gasteiger partial charge in [-0.1, -0.05) is 35.3 Å². The topological polar surface area (TPSA) is 84.5 Å². The van der Waals surface area contributed by atoms with E-state index in [1.54, 1.807) is 18.2 Å². The summed E-state index contributed by atoms with van der Waals surface area (Å²) in [6, 6.07) is 9.00. The zero-order chi connectivity index (χ0) is 20.0. The molecular formula is C18H15Cl2FN2O4. The molecule has 27 heavy (non-hydrogen) atoms. The summed E-state index contributed by atoms with van der Waals surface area (Å²) in [6.07, 6.45) is 0. The number of amides is 2. The highest BCUT2D eigenvalue weighted by Crippen LogP contribution is 2.19. The monoisotopic (exact) mass is 412 g/mol. The van der Waals surface area contributed by atoms with E-state index in [1.165, 1.54) is 25.1 Å². The second-order valence-corrected chi connectivity index (χ2v) is 6.27. The van der Waals surface area contributed by atoms with Gasteiger partial charge >= 0.3 is 5.97 Å². The van der Waals surface area contributed by atoms with E-state index in [2.05, 4.69) is 10.6 Å². The van der Waals surface area contributed by atoms with Crippen molar-refractivity contribution in [3.63, 3.8) is 0 Å². The average Bonchev–Trinajstić information content (AvgIpc) is 2.63. The number of nitrogens with one attached hydrogen (secondary N) is 2. The van der Waals surface area contributed by atoms with Crippen molar-refractivity contribution in [2.24, 2.45) is 0 Å². The fourth-order valence-electron chi connectivity index (χ4n) is 2.01. The van der Waals surface area contributed by atoms with Gasteiger partial charge in [-0.3, -0.25) is 9.59 Å². The molecule has 2 amide bonds. The summed E-state index contributed by atoms with van der Waals surface area (Å²) in [5.74, 6) is -2.61. The molecule has 2 aromatic carbocycles. The standard InChI is InChI=1S/C18H15Cl2FN2O4/c1-10(22-17(25)12-4-2-3-5-13(12)19)18(26)27-9-16(24)23-11-6-7-15(21)14(20)8-11/h2-8,10H,9H2,1H3,(H,22,25)(H,23,24). The molecule has 0 spiro atoms. The molecule has 2 rings (SSSR count). The van der Waals surface area contributed by atoms with Crippen molar-refractivity contribution in [3.05, 3.63) is 63.9 Å². The number of esters is 1. The Morgan fingerprint density at radius 1 is 1.11 bits per heavy atom. The van der Waals surface area contributed by atoms with Crippen LogP contribution < -0.4 is 10.6 Å². The van der Waals surface area contributed by atoms with E-state index >= 15 is 0 Å². The molecule has 0 aliphatic carbocycles. The van der Waals surface area contributed by atoms with Gasteiger partial charge in [-0.25, -0.2) is 9.18 Å². The molecule has 0 fully saturated rings. The molecule has 2 N–H and O–H groups in total. The lowest BCUT2D eigenvalue weighted by atomic mass is 10.2. The van der Waals surface area contributed by atoms with Gasteiger partial charge in [0, 0.05) is 5.69 Å². The van der Waals surface area contributed by atoms with E-state index in [-0.39, 0.29) is 21.3 Å². The molecule has 0 bridgehead atoms.